The lowest BCUT2D eigenvalue weighted by molar-refractivity contribution is -0.889. The zero-order valence-electron chi connectivity index (χ0n) is 58.5. The first-order valence-electron chi connectivity index (χ1n) is 27.1. The van der Waals surface area contributed by atoms with Crippen molar-refractivity contribution in [3.05, 3.63) is 36.5 Å². The molecule has 0 aliphatic heterocycles. The third-order valence-corrected chi connectivity index (χ3v) is 8.46. The number of nitrogens with zero attached hydrogens (tertiary/aromatic N) is 3. The van der Waals surface area contributed by atoms with Crippen LogP contribution in [0, 0.1) is 0 Å². The molecule has 0 aliphatic rings. The van der Waals surface area contributed by atoms with E-state index in [2.05, 4.69) is 136 Å². The Morgan fingerprint density at radius 3 is 0.766 bits per heavy atom. The maximum Gasteiger partial charge on any atom is 0.409 e. The Morgan fingerprint density at radius 2 is 0.586 bits per heavy atom. The number of alkyl carbamates (subject to hydrolysis) is 3. The first kappa shape index (κ1) is 174. The first-order valence-corrected chi connectivity index (χ1v) is 29.3. The number of hydrogen-bond acceptors (Lipinski definition) is 22. The van der Waals surface area contributed by atoms with E-state index in [0.717, 1.165) is 37.6 Å². The van der Waals surface area contributed by atoms with Crippen LogP contribution in [0.2, 0.25) is 0 Å². The molecular weight excluding hydrogens is 1840 g/mol. The van der Waals surface area contributed by atoms with Crippen molar-refractivity contribution in [2.75, 3.05) is 234 Å². The molecule has 0 heterocycles. The molecule has 0 rings (SSSR count). The monoisotopic (exact) mass is 1970 g/mol. The van der Waals surface area contributed by atoms with Crippen molar-refractivity contribution in [3.8, 4) is 0 Å². The van der Waals surface area contributed by atoms with Gasteiger partial charge in [0.1, 0.15) is 59.5 Å². The van der Waals surface area contributed by atoms with Gasteiger partial charge >= 0.3 is 42.2 Å². The molecule has 0 aliphatic carbocycles. The topological polar surface area (TPSA) is 291 Å². The van der Waals surface area contributed by atoms with Crippen molar-refractivity contribution in [1.82, 2.24) is 26.2 Å². The minimum absolute atomic E-state index is 0. The second-order valence-electron chi connectivity index (χ2n) is 17.0. The third kappa shape index (κ3) is 248. The second kappa shape index (κ2) is 157. The van der Waals surface area contributed by atoms with Gasteiger partial charge in [0.25, 0.3) is 0 Å². The molecule has 694 valence electrons. The van der Waals surface area contributed by atoms with E-state index in [1.165, 1.54) is 0 Å². The van der Waals surface area contributed by atoms with Gasteiger partial charge in [-0.15, -0.1) is 0 Å². The van der Waals surface area contributed by atoms with Gasteiger partial charge in [0.05, 0.1) is 47.8 Å². The molecule has 0 aromatic carbocycles. The Kier molecular flexibility index (Phi) is 246. The van der Waals surface area contributed by atoms with Crippen LogP contribution in [0.5, 0.6) is 0 Å². The van der Waals surface area contributed by atoms with Crippen molar-refractivity contribution < 1.29 is 228 Å². The molecule has 0 radical (unpaired) electrons. The maximum absolute atomic E-state index is 11.8. The molecule has 0 fully saturated rings. The number of carbonyl (C=O) groups excluding carboxylic acids is 7. The highest BCUT2D eigenvalue weighted by atomic mass is 79.9. The molecule has 0 atom stereocenters. The second-order valence-corrected chi connectivity index (χ2v) is 18.6. The van der Waals surface area contributed by atoms with Crippen LogP contribution in [0.15, 0.2) is 36.5 Å². The molecule has 3 amide bonds. The largest absolute Gasteiger partial charge is 1.00 e. The van der Waals surface area contributed by atoms with Crippen molar-refractivity contribution in [1.29, 1.82) is 0 Å². The molecule has 0 saturated heterocycles. The highest BCUT2D eigenvalue weighted by Crippen LogP contribution is 2.00. The van der Waals surface area contributed by atoms with Crippen LogP contribution in [0.25, 0.3) is 0 Å². The number of amides is 3. The molecule has 0 saturated carbocycles. The highest BCUT2D eigenvalue weighted by Gasteiger charge is 2.17. The fraction of sp³-hybridized carbons (Fsp3) is 0.783. The number of carbonyl (C=O) groups is 7. The van der Waals surface area contributed by atoms with Gasteiger partial charge in [0.15, 0.2) is 0 Å². The molecule has 0 aromatic heterocycles. The Morgan fingerprint density at radius 1 is 0.360 bits per heavy atom. The van der Waals surface area contributed by atoms with Crippen LogP contribution >= 0.6 is 31.9 Å². The van der Waals surface area contributed by atoms with E-state index < -0.39 is 112 Å². The molecule has 0 spiro atoms. The summed E-state index contributed by atoms with van der Waals surface area (Å²) in [7, 11) is 13.9. The van der Waals surface area contributed by atoms with Gasteiger partial charge in [-0.3, -0.25) is 4.79 Å². The Balaban J connectivity index is -0.0000000346. The standard InChI is InChI=1S/C13H23FN2O4.C11H23N2O2.C8H15NO2.C5H9BrFNO2.C4H7BrFNO2.C3H5FO2.6CH2F2O.2CH2F2.8CH4.2BrH/c1-11(2)12(17)19-10-8-16(3,4)7-6-15-13(18)20-9-5-14;1-10(2)11(14)15-9-8-13(4,5)7-6-12-3;1-7(2)8(10)11-6-5-9(3)4;6-1-3-8-5(9)10-4-2-7;5-1-2-7-4(8)9-3-6;1-3(5)6-2-4;6*2-1-4-3;2*2-1-3;;;;;;;;;;/h1,5-10H2,2-4H3;12H,1,6-9H2,2-5H3;1,5-6H2,2-4H3;1-4H2,(H,8,9);1-3H2,(H,7,8);2H2,1H3;6*1H2;2*1H2;8*1H4;2*1H/q;+1;;;;;;;;;;;;;;;;;;;;;;/p-1. The quantitative estimate of drug-likeness (QED) is 0.0116. The third-order valence-electron chi connectivity index (χ3n) is 7.67. The fourth-order valence-electron chi connectivity index (χ4n) is 3.40. The number of likely N-dealkylation sites (N-methyl/N-ethyl adjacent to an activating group) is 4. The Hall–Kier alpha value is -4.97. The van der Waals surface area contributed by atoms with E-state index in [4.69, 9.17) is 14.2 Å². The predicted octanol–water partition coefficient (Wildman–Crippen LogP) is 10.3. The minimum atomic E-state index is -1.75. The molecule has 4 N–H and O–H groups in total. The molecule has 0 aromatic rings. The van der Waals surface area contributed by atoms with Crippen LogP contribution < -0.4 is 55.2 Å². The van der Waals surface area contributed by atoms with Gasteiger partial charge in [-0.1, -0.05) is 111 Å². The van der Waals surface area contributed by atoms with E-state index in [1.807, 2.05) is 40.1 Å². The van der Waals surface area contributed by atoms with E-state index in [0.29, 0.717) is 77.8 Å². The Labute approximate surface area is 682 Å². The van der Waals surface area contributed by atoms with Crippen LogP contribution in [0.4, 0.5) is 103 Å². The zero-order chi connectivity index (χ0) is 82.2. The normalized spacial score (nSPS) is 8.31. The number of ether oxygens (including phenoxy) is 7. The van der Waals surface area contributed by atoms with Gasteiger partial charge in [-0.25, -0.2) is 90.2 Å². The van der Waals surface area contributed by atoms with Gasteiger partial charge in [-0.2, -0.15) is 29.6 Å². The summed E-state index contributed by atoms with van der Waals surface area (Å²) in [5.41, 5.74) is 1.27. The van der Waals surface area contributed by atoms with Crippen molar-refractivity contribution >= 4 is 74.0 Å². The lowest BCUT2D eigenvalue weighted by atomic mass is 10.4. The highest BCUT2D eigenvalue weighted by molar-refractivity contribution is 9.09. The lowest BCUT2D eigenvalue weighted by Crippen LogP contribution is -3.00. The smallest absolute Gasteiger partial charge is 0.409 e. The van der Waals surface area contributed by atoms with Crippen molar-refractivity contribution in [3.63, 3.8) is 0 Å². The van der Waals surface area contributed by atoms with Crippen LogP contribution in [0.3, 0.4) is 0 Å². The zero-order valence-corrected chi connectivity index (χ0v) is 64.8. The van der Waals surface area contributed by atoms with Crippen LogP contribution in [-0.2, 0) is 82.0 Å². The van der Waals surface area contributed by atoms with E-state index in [1.54, 1.807) is 20.8 Å². The number of alkyl halides is 16. The Bertz CT molecular complexity index is 1750. The van der Waals surface area contributed by atoms with Crippen LogP contribution in [-0.4, -0.2) is 290 Å². The van der Waals surface area contributed by atoms with Gasteiger partial charge in [-0.05, 0) is 69.1 Å². The number of hydrogen-bond donors (Lipinski definition) is 4. The summed E-state index contributed by atoms with van der Waals surface area (Å²) in [6, 6.07) is 0. The number of esters is 4. The van der Waals surface area contributed by atoms with Gasteiger partial charge in [0, 0.05) is 60.5 Å². The summed E-state index contributed by atoms with van der Waals surface area (Å²) in [5.74, 6) is -1.61. The van der Waals surface area contributed by atoms with E-state index >= 15 is 0 Å². The van der Waals surface area contributed by atoms with Gasteiger partial charge in [0.2, 0.25) is 68.7 Å². The summed E-state index contributed by atoms with van der Waals surface area (Å²) in [5, 5.41) is 11.6. The van der Waals surface area contributed by atoms with E-state index in [-0.39, 0.29) is 125 Å². The number of rotatable bonds is 34. The molecule has 0 unspecified atom stereocenters. The van der Waals surface area contributed by atoms with Crippen molar-refractivity contribution in [2.24, 2.45) is 0 Å². The molecule has 51 heteroatoms. The average Bonchev–Trinajstić information content (AvgIpc) is 0.937. The predicted molar refractivity (Wildman–Crippen MR) is 387 cm³/mol. The number of halogens is 24. The summed E-state index contributed by atoms with van der Waals surface area (Å²) in [4.78, 5) is 90.6. The summed E-state index contributed by atoms with van der Waals surface area (Å²) < 4.78 is 236. The maximum atomic E-state index is 11.8. The molecule has 27 nitrogen and oxygen atoms in total. The SMILES string of the molecule is C.C.C.C.C.C.C.C.C=C(C)C(=O)OCCN(C)C.C=C(C)C(=O)OCC[N+](C)(C)CCNC.C=C(C)C(=O)OCC[N+](C)(C)CCNC(=O)OCCF.CC(=O)OCF.FCF.FCF.FCOF.FCOF.FCOF.FCOF.FCOF.FCOF.O=C(NCCBr)OCCF.O=C(NCCBr)OCF.[Br-].[Br-]. The summed E-state index contributed by atoms with van der Waals surface area (Å²) in [6.07, 6.45) is -1.93. The molecular formula is C60H131Br4F20N7O20. The molecule has 0 bridgehead atoms. The van der Waals surface area contributed by atoms with Crippen LogP contribution in [0.1, 0.15) is 87.1 Å². The number of quaternary nitrogens is 2. The van der Waals surface area contributed by atoms with Gasteiger partial charge < -0.3 is 102 Å². The fourth-order valence-corrected chi connectivity index (χ4v) is 3.80. The first-order chi connectivity index (χ1) is 47.4. The van der Waals surface area contributed by atoms with E-state index in [9.17, 15) is 122 Å². The molecule has 111 heavy (non-hydrogen) atoms. The average molecular weight is 1970 g/mol. The minimum Gasteiger partial charge on any atom is -1.00 e. The lowest BCUT2D eigenvalue weighted by Gasteiger charge is -2.29. The summed E-state index contributed by atoms with van der Waals surface area (Å²) >= 11 is 6.17. The summed E-state index contributed by atoms with van der Waals surface area (Å²) in [6.45, 7) is 8.39. The number of nitrogens with one attached hydrogen (secondary N) is 4. The van der Waals surface area contributed by atoms with Crippen molar-refractivity contribution in [2.45, 2.75) is 87.1 Å².